The number of hydrogen-bond donors (Lipinski definition) is 2. The van der Waals surface area contributed by atoms with Gasteiger partial charge in [-0.05, 0) is 44.4 Å². The van der Waals surface area contributed by atoms with Crippen LogP contribution in [0.1, 0.15) is 25.7 Å². The van der Waals surface area contributed by atoms with Crippen molar-refractivity contribution in [1.82, 2.24) is 5.32 Å². The molecule has 1 aromatic rings. The van der Waals surface area contributed by atoms with E-state index in [4.69, 9.17) is 4.74 Å². The molecule has 2 atom stereocenters. The number of aliphatic carboxylic acids is 1. The van der Waals surface area contributed by atoms with Crippen molar-refractivity contribution in [3.05, 3.63) is 29.8 Å². The minimum Gasteiger partial charge on any atom is -0.490 e. The van der Waals surface area contributed by atoms with E-state index in [1.54, 1.807) is 7.05 Å². The number of halogens is 2. The Morgan fingerprint density at radius 3 is 2.95 bits per heavy atom. The topological polar surface area (TPSA) is 58.6 Å². The largest absolute Gasteiger partial charge is 0.490 e. The molecule has 4 nitrogen and oxygen atoms in total. The van der Waals surface area contributed by atoms with Crippen LogP contribution in [0.15, 0.2) is 18.2 Å². The summed E-state index contributed by atoms with van der Waals surface area (Å²) in [5.41, 5.74) is -0.941. The van der Waals surface area contributed by atoms with E-state index in [0.717, 1.165) is 18.9 Å². The number of carboxylic acid groups (broad SMARTS) is 1. The van der Waals surface area contributed by atoms with Crippen LogP contribution in [0.3, 0.4) is 0 Å². The summed E-state index contributed by atoms with van der Waals surface area (Å²) in [6.45, 7) is 0.155. The van der Waals surface area contributed by atoms with Gasteiger partial charge in [-0.3, -0.25) is 4.79 Å². The third-order valence-corrected chi connectivity index (χ3v) is 4.29. The third kappa shape index (κ3) is 3.00. The maximum Gasteiger partial charge on any atom is 0.324 e. The van der Waals surface area contributed by atoms with Gasteiger partial charge >= 0.3 is 5.97 Å². The number of rotatable bonds is 6. The highest BCUT2D eigenvalue weighted by atomic mass is 19.2. The van der Waals surface area contributed by atoms with Gasteiger partial charge in [0.2, 0.25) is 5.82 Å². The molecule has 2 rings (SSSR count). The predicted molar refractivity (Wildman–Crippen MR) is 73.2 cm³/mol. The van der Waals surface area contributed by atoms with Crippen LogP contribution in [0.2, 0.25) is 0 Å². The fraction of sp³-hybridized carbons (Fsp3) is 0.533. The molecule has 21 heavy (non-hydrogen) atoms. The Kier molecular flexibility index (Phi) is 4.77. The van der Waals surface area contributed by atoms with Crippen LogP contribution in [0.5, 0.6) is 5.75 Å². The van der Waals surface area contributed by atoms with Crippen LogP contribution in [-0.2, 0) is 4.79 Å². The number of carbonyl (C=O) groups is 1. The average Bonchev–Trinajstić information content (AvgIpc) is 2.88. The van der Waals surface area contributed by atoms with Crippen LogP contribution in [0.4, 0.5) is 8.78 Å². The molecule has 116 valence electrons. The molecule has 2 N–H and O–H groups in total. The van der Waals surface area contributed by atoms with Gasteiger partial charge in [0.05, 0.1) is 6.61 Å². The zero-order chi connectivity index (χ0) is 15.5. The lowest BCUT2D eigenvalue weighted by Crippen LogP contribution is -2.53. The molecule has 0 radical (unpaired) electrons. The fourth-order valence-corrected chi connectivity index (χ4v) is 3.09. The van der Waals surface area contributed by atoms with Crippen molar-refractivity contribution in [2.45, 2.75) is 31.2 Å². The van der Waals surface area contributed by atoms with Crippen LogP contribution < -0.4 is 10.1 Å². The van der Waals surface area contributed by atoms with Crippen LogP contribution in [0.25, 0.3) is 0 Å². The van der Waals surface area contributed by atoms with Gasteiger partial charge in [0.25, 0.3) is 0 Å². The van der Waals surface area contributed by atoms with E-state index in [-0.39, 0.29) is 18.3 Å². The smallest absolute Gasteiger partial charge is 0.324 e. The van der Waals surface area contributed by atoms with Gasteiger partial charge in [-0.15, -0.1) is 0 Å². The van der Waals surface area contributed by atoms with Gasteiger partial charge in [0.15, 0.2) is 11.6 Å². The summed E-state index contributed by atoms with van der Waals surface area (Å²) in [5, 5.41) is 12.3. The second kappa shape index (κ2) is 6.39. The monoisotopic (exact) mass is 299 g/mol. The number of nitrogens with one attached hydrogen (secondary N) is 1. The lowest BCUT2D eigenvalue weighted by atomic mass is 9.85. The second-order valence-corrected chi connectivity index (χ2v) is 5.30. The van der Waals surface area contributed by atoms with Crippen molar-refractivity contribution < 1.29 is 23.4 Å². The molecule has 1 saturated carbocycles. The number of likely N-dealkylation sites (N-methyl/N-ethyl adjacent to an activating group) is 1. The third-order valence-electron chi connectivity index (χ3n) is 4.29. The van der Waals surface area contributed by atoms with Crippen molar-refractivity contribution in [3.8, 4) is 5.75 Å². The maximum atomic E-state index is 13.4. The molecule has 0 spiro atoms. The summed E-state index contributed by atoms with van der Waals surface area (Å²) < 4.78 is 31.8. The van der Waals surface area contributed by atoms with Gasteiger partial charge in [0.1, 0.15) is 5.54 Å². The first-order chi connectivity index (χ1) is 10.0. The number of carboxylic acids is 1. The van der Waals surface area contributed by atoms with E-state index in [0.29, 0.717) is 12.8 Å². The molecular formula is C15H19F2NO3. The van der Waals surface area contributed by atoms with Gasteiger partial charge < -0.3 is 15.2 Å². The first kappa shape index (κ1) is 15.7. The SMILES string of the molecule is CNC1(C(=O)O)CCCC1CCOc1cccc(F)c1F. The number of benzene rings is 1. The minimum absolute atomic E-state index is 0.0865. The van der Waals surface area contributed by atoms with Gasteiger partial charge in [-0.25, -0.2) is 4.39 Å². The normalized spacial score (nSPS) is 25.0. The molecule has 1 fully saturated rings. The molecule has 1 aliphatic rings. The summed E-state index contributed by atoms with van der Waals surface area (Å²) >= 11 is 0. The Bertz CT molecular complexity index is 524. The maximum absolute atomic E-state index is 13.4. The molecule has 0 amide bonds. The summed E-state index contributed by atoms with van der Waals surface area (Å²) in [6.07, 6.45) is 2.65. The lowest BCUT2D eigenvalue weighted by Gasteiger charge is -2.30. The van der Waals surface area contributed by atoms with Crippen LogP contribution >= 0.6 is 0 Å². The highest BCUT2D eigenvalue weighted by molar-refractivity contribution is 5.79. The van der Waals surface area contributed by atoms with E-state index in [1.807, 2.05) is 0 Å². The summed E-state index contributed by atoms with van der Waals surface area (Å²) in [7, 11) is 1.64. The van der Waals surface area contributed by atoms with Crippen molar-refractivity contribution in [1.29, 1.82) is 0 Å². The standard InChI is InChI=1S/C15H19F2NO3/c1-18-15(14(19)20)8-3-4-10(15)7-9-21-12-6-2-5-11(16)13(12)17/h2,5-6,10,18H,3-4,7-9H2,1H3,(H,19,20). The van der Waals surface area contributed by atoms with Crippen molar-refractivity contribution >= 4 is 5.97 Å². The molecular weight excluding hydrogens is 280 g/mol. The lowest BCUT2D eigenvalue weighted by molar-refractivity contribution is -0.146. The molecule has 0 aliphatic heterocycles. The molecule has 6 heteroatoms. The molecule has 0 bridgehead atoms. The summed E-state index contributed by atoms with van der Waals surface area (Å²) in [5.74, 6) is -3.06. The first-order valence-corrected chi connectivity index (χ1v) is 7.00. The van der Waals surface area contributed by atoms with E-state index in [9.17, 15) is 18.7 Å². The number of ether oxygens (including phenoxy) is 1. The molecule has 0 aromatic heterocycles. The van der Waals surface area contributed by atoms with Gasteiger partial charge in [-0.1, -0.05) is 12.5 Å². The summed E-state index contributed by atoms with van der Waals surface area (Å²) in [4.78, 5) is 11.5. The predicted octanol–water partition coefficient (Wildman–Crippen LogP) is 2.58. The number of hydrogen-bond acceptors (Lipinski definition) is 3. The van der Waals surface area contributed by atoms with E-state index in [1.165, 1.54) is 12.1 Å². The first-order valence-electron chi connectivity index (χ1n) is 7.00. The fourth-order valence-electron chi connectivity index (χ4n) is 3.09. The average molecular weight is 299 g/mol. The molecule has 2 unspecified atom stereocenters. The zero-order valence-corrected chi connectivity index (χ0v) is 11.9. The van der Waals surface area contributed by atoms with E-state index < -0.39 is 23.1 Å². The Labute approximate surface area is 122 Å². The van der Waals surface area contributed by atoms with E-state index >= 15 is 0 Å². The Balaban J connectivity index is 1.97. The molecule has 0 saturated heterocycles. The second-order valence-electron chi connectivity index (χ2n) is 5.30. The van der Waals surface area contributed by atoms with Gasteiger partial charge in [0, 0.05) is 0 Å². The van der Waals surface area contributed by atoms with Crippen LogP contribution in [-0.4, -0.2) is 30.3 Å². The van der Waals surface area contributed by atoms with Crippen molar-refractivity contribution in [2.75, 3.05) is 13.7 Å². The minimum atomic E-state index is -1.01. The van der Waals surface area contributed by atoms with E-state index in [2.05, 4.69) is 5.32 Å². The Hall–Kier alpha value is -1.69. The van der Waals surface area contributed by atoms with Gasteiger partial charge in [-0.2, -0.15) is 4.39 Å². The molecule has 1 aromatic carbocycles. The Morgan fingerprint density at radius 2 is 2.29 bits per heavy atom. The highest BCUT2D eigenvalue weighted by Gasteiger charge is 2.47. The summed E-state index contributed by atoms with van der Waals surface area (Å²) in [6, 6.07) is 3.75. The molecule has 1 aliphatic carbocycles. The van der Waals surface area contributed by atoms with Crippen molar-refractivity contribution in [2.24, 2.45) is 5.92 Å². The van der Waals surface area contributed by atoms with Crippen LogP contribution in [0, 0.1) is 17.6 Å². The zero-order valence-electron chi connectivity index (χ0n) is 11.9. The Morgan fingerprint density at radius 1 is 1.52 bits per heavy atom. The molecule has 0 heterocycles. The quantitative estimate of drug-likeness (QED) is 0.847. The highest BCUT2D eigenvalue weighted by Crippen LogP contribution is 2.38. The van der Waals surface area contributed by atoms with Crippen molar-refractivity contribution in [3.63, 3.8) is 0 Å².